The number of carbonyl (C=O) groups is 10. The van der Waals surface area contributed by atoms with Crippen LogP contribution < -0.4 is 26.6 Å². The van der Waals surface area contributed by atoms with Crippen LogP contribution in [0.4, 0.5) is 4.79 Å². The maximum absolute atomic E-state index is 14.7. The molecule has 0 spiro atoms. The largest absolute Gasteiger partial charge is 0.357 e. The van der Waals surface area contributed by atoms with Gasteiger partial charge in [-0.2, -0.15) is 0 Å². The summed E-state index contributed by atoms with van der Waals surface area (Å²) in [6, 6.07) is -7.87. The second-order valence-corrected chi connectivity index (χ2v) is 23.2. The quantitative estimate of drug-likeness (QED) is 0.0496. The van der Waals surface area contributed by atoms with Crippen LogP contribution in [0.5, 0.6) is 0 Å². The fraction of sp³-hybridized carbons (Fsp3) is 0.815. The average molecular weight is 1060 g/mol. The highest BCUT2D eigenvalue weighted by molar-refractivity contribution is 6.01. The van der Waals surface area contributed by atoms with Gasteiger partial charge in [-0.05, 0) is 74.5 Å². The van der Waals surface area contributed by atoms with Gasteiger partial charge in [-0.3, -0.25) is 53.8 Å². The van der Waals surface area contributed by atoms with Crippen LogP contribution in [0, 0.1) is 35.5 Å². The van der Waals surface area contributed by atoms with E-state index in [1.54, 1.807) is 13.8 Å². The number of likely N-dealkylation sites (N-methyl/N-ethyl adjacent to an activating group) is 7. The third kappa shape index (κ3) is 20.7. The molecule has 8 atom stereocenters. The van der Waals surface area contributed by atoms with E-state index >= 15 is 0 Å². The molecule has 0 bridgehead atoms. The van der Waals surface area contributed by atoms with E-state index in [0.717, 1.165) is 4.90 Å². The molecule has 75 heavy (non-hydrogen) atoms. The molecule has 432 valence electrons. The van der Waals surface area contributed by atoms with E-state index < -0.39 is 95.3 Å². The average Bonchev–Trinajstić information content (AvgIpc) is 3.31. The Morgan fingerprint density at radius 3 is 1.43 bits per heavy atom. The summed E-state index contributed by atoms with van der Waals surface area (Å²) in [5.41, 5.74) is -1.70. The Morgan fingerprint density at radius 2 is 1.01 bits per heavy atom. The lowest BCUT2D eigenvalue weighted by Gasteiger charge is -2.44. The summed E-state index contributed by atoms with van der Waals surface area (Å²) in [5, 5.41) is 14.0. The Balaban J connectivity index is 6.72. The third-order valence-corrected chi connectivity index (χ3v) is 13.5. The maximum atomic E-state index is 14.7. The van der Waals surface area contributed by atoms with E-state index in [4.69, 9.17) is 0 Å². The minimum atomic E-state index is -1.70. The number of nitrogens with zero attached hydrogens (tertiary/aromatic N) is 6. The van der Waals surface area contributed by atoms with Crippen molar-refractivity contribution < 1.29 is 47.9 Å². The van der Waals surface area contributed by atoms with E-state index in [0.29, 0.717) is 12.7 Å². The van der Waals surface area contributed by atoms with Gasteiger partial charge in [0, 0.05) is 55.4 Å². The molecule has 10 amide bonds. The Labute approximate surface area is 450 Å². The lowest BCUT2D eigenvalue weighted by Crippen LogP contribution is -2.68. The van der Waals surface area contributed by atoms with E-state index in [2.05, 4.69) is 26.6 Å². The standard InChI is InChI=1S/C54H101N11O10/c1-24-39(56-37(14)15)49(71)60(18)29-43(67)65(23)54(30-66,28-34(8)9)59-44(35(10)11)52(74)61(19)40(25-31(2)3)47(69)57-38(16)46(68)58-53(75)63(21)42(27-33(6)7)50(72)62(20)41(26-32(4)5)51(73)64(22)45(36(12)13)48(70)55-17/h30-42,44-45,56,59H,24-29H2,1-23H3,(H,55,70)(H,57,69)(H,58,68,75)/t38-,39+,40-,41-,42+,44-,45-,54?/m0/s1. The van der Waals surface area contributed by atoms with E-state index in [1.165, 1.54) is 80.8 Å². The normalized spacial score (nSPS) is 15.3. The highest BCUT2D eigenvalue weighted by Crippen LogP contribution is 2.25. The smallest absolute Gasteiger partial charge is 0.324 e. The fourth-order valence-corrected chi connectivity index (χ4v) is 9.16. The molecule has 0 radical (unpaired) electrons. The first kappa shape index (κ1) is 69.8. The van der Waals surface area contributed by atoms with E-state index in [-0.39, 0.29) is 79.7 Å². The molecular weight excluding hydrogens is 963 g/mol. The molecule has 21 heteroatoms. The summed E-state index contributed by atoms with van der Waals surface area (Å²) in [6.07, 6.45) is 1.82. The van der Waals surface area contributed by atoms with E-state index in [9.17, 15) is 47.9 Å². The van der Waals surface area contributed by atoms with Crippen molar-refractivity contribution in [3.05, 3.63) is 0 Å². The topological polar surface area (TPSA) is 250 Å². The van der Waals surface area contributed by atoms with Crippen LogP contribution in [0.1, 0.15) is 143 Å². The van der Waals surface area contributed by atoms with Gasteiger partial charge in [0.1, 0.15) is 30.2 Å². The summed E-state index contributed by atoms with van der Waals surface area (Å²) in [5.74, 6) is -5.42. The fourth-order valence-electron chi connectivity index (χ4n) is 9.16. The van der Waals surface area contributed by atoms with Gasteiger partial charge in [0.15, 0.2) is 11.9 Å². The summed E-state index contributed by atoms with van der Waals surface area (Å²) >= 11 is 0. The molecule has 0 saturated carbocycles. The van der Waals surface area contributed by atoms with Gasteiger partial charge < -0.3 is 45.3 Å². The number of hydrogen-bond acceptors (Lipinski definition) is 12. The Bertz CT molecular complexity index is 1930. The van der Waals surface area contributed by atoms with Gasteiger partial charge in [0.05, 0.1) is 18.6 Å². The number of amides is 10. The predicted octanol–water partition coefficient (Wildman–Crippen LogP) is 3.30. The van der Waals surface area contributed by atoms with Crippen molar-refractivity contribution in [3.63, 3.8) is 0 Å². The maximum Gasteiger partial charge on any atom is 0.324 e. The summed E-state index contributed by atoms with van der Waals surface area (Å²) in [6.45, 7) is 29.0. The van der Waals surface area contributed by atoms with E-state index in [1.807, 2.05) is 90.0 Å². The molecule has 0 heterocycles. The molecule has 0 saturated heterocycles. The number of aldehydes is 1. The second-order valence-electron chi connectivity index (χ2n) is 23.2. The van der Waals surface area contributed by atoms with Gasteiger partial charge >= 0.3 is 6.03 Å². The molecule has 0 aromatic carbocycles. The van der Waals surface area contributed by atoms with Gasteiger partial charge in [0.2, 0.25) is 47.3 Å². The van der Waals surface area contributed by atoms with Crippen molar-refractivity contribution in [2.45, 2.75) is 197 Å². The van der Waals surface area contributed by atoms with Crippen molar-refractivity contribution in [2.75, 3.05) is 55.9 Å². The Hall–Kier alpha value is -5.18. The number of rotatable bonds is 31. The number of carbonyl (C=O) groups excluding carboxylic acids is 10. The van der Waals surface area contributed by atoms with Crippen LogP contribution in [0.15, 0.2) is 0 Å². The third-order valence-electron chi connectivity index (χ3n) is 13.5. The number of imide groups is 1. The first-order valence-corrected chi connectivity index (χ1v) is 26.9. The van der Waals surface area contributed by atoms with Crippen molar-refractivity contribution in [1.82, 2.24) is 56.0 Å². The lowest BCUT2D eigenvalue weighted by atomic mass is 9.92. The van der Waals surface area contributed by atoms with Crippen molar-refractivity contribution in [3.8, 4) is 0 Å². The molecular formula is C54H101N11O10. The molecule has 0 aromatic heterocycles. The first-order chi connectivity index (χ1) is 34.5. The zero-order valence-electron chi connectivity index (χ0n) is 50.2. The molecule has 0 fully saturated rings. The molecule has 0 aromatic rings. The first-order valence-electron chi connectivity index (χ1n) is 26.9. The van der Waals surface area contributed by atoms with Crippen molar-refractivity contribution >= 4 is 59.6 Å². The van der Waals surface area contributed by atoms with Crippen LogP contribution in [-0.4, -0.2) is 199 Å². The Kier molecular flexibility index (Phi) is 29.6. The predicted molar refractivity (Wildman–Crippen MR) is 292 cm³/mol. The van der Waals surface area contributed by atoms with Crippen molar-refractivity contribution in [1.29, 1.82) is 0 Å². The van der Waals surface area contributed by atoms with Crippen molar-refractivity contribution in [2.24, 2.45) is 35.5 Å². The molecule has 1 unspecified atom stereocenters. The monoisotopic (exact) mass is 1060 g/mol. The van der Waals surface area contributed by atoms with Crippen LogP contribution in [0.3, 0.4) is 0 Å². The Morgan fingerprint density at radius 1 is 0.547 bits per heavy atom. The molecule has 0 aliphatic rings. The van der Waals surface area contributed by atoms with Crippen LogP contribution in [0.25, 0.3) is 0 Å². The molecule has 21 nitrogen and oxygen atoms in total. The van der Waals surface area contributed by atoms with Crippen LogP contribution >= 0.6 is 0 Å². The lowest BCUT2D eigenvalue weighted by molar-refractivity contribution is -0.150. The van der Waals surface area contributed by atoms with Crippen LogP contribution in [-0.2, 0) is 43.2 Å². The minimum Gasteiger partial charge on any atom is -0.357 e. The summed E-state index contributed by atoms with van der Waals surface area (Å²) < 4.78 is 0. The second kappa shape index (κ2) is 31.8. The summed E-state index contributed by atoms with van der Waals surface area (Å²) in [7, 11) is 10.3. The zero-order valence-corrected chi connectivity index (χ0v) is 50.2. The van der Waals surface area contributed by atoms with Gasteiger partial charge in [-0.25, -0.2) is 4.79 Å². The van der Waals surface area contributed by atoms with Gasteiger partial charge in [-0.15, -0.1) is 0 Å². The number of urea groups is 1. The molecule has 0 aliphatic carbocycles. The number of nitrogens with one attached hydrogen (secondary N) is 5. The number of hydrogen-bond donors (Lipinski definition) is 5. The molecule has 0 aliphatic heterocycles. The minimum absolute atomic E-state index is 0.0244. The van der Waals surface area contributed by atoms with Crippen LogP contribution in [0.2, 0.25) is 0 Å². The highest BCUT2D eigenvalue weighted by Gasteiger charge is 2.45. The zero-order chi connectivity index (χ0) is 58.7. The summed E-state index contributed by atoms with van der Waals surface area (Å²) in [4.78, 5) is 146. The molecule has 5 N–H and O–H groups in total. The molecule has 0 rings (SSSR count). The SMILES string of the molecule is CC[C@@H](NC(C)C)C(=O)N(C)CC(=O)N(C)C(C=O)(CC(C)C)N[C@H](C(=O)N(C)[C@@H](CC(C)C)C(=O)N[C@@H](C)C(=O)NC(=O)N(C)[C@H](CC(C)C)C(=O)N(C)[C@@H](CC(C)C)C(=O)N(C)[C@H](C(=O)NC)C(C)C)C(C)C. The van der Waals surface area contributed by atoms with Gasteiger partial charge in [-0.1, -0.05) is 104 Å². The van der Waals surface area contributed by atoms with Gasteiger partial charge in [0.25, 0.3) is 0 Å². The highest BCUT2D eigenvalue weighted by atomic mass is 16.2.